The number of nitrogens with one attached hydrogen (secondary N) is 1. The van der Waals surface area contributed by atoms with Crippen molar-refractivity contribution in [2.45, 2.75) is 23.6 Å². The van der Waals surface area contributed by atoms with Gasteiger partial charge in [-0.05, 0) is 0 Å². The van der Waals surface area contributed by atoms with Crippen molar-refractivity contribution in [2.24, 2.45) is 0 Å². The quantitative estimate of drug-likeness (QED) is 0.659. The average molecular weight is 191 g/mol. The Bertz CT molecular complexity index is 93.1. The molecule has 0 aromatic carbocycles. The minimum atomic E-state index is -0.500. The maximum atomic E-state index is 10.3. The van der Waals surface area contributed by atoms with E-state index in [9.17, 15) is 4.79 Å². The molecule has 0 saturated heterocycles. The van der Waals surface area contributed by atoms with Crippen molar-refractivity contribution in [3.05, 3.63) is 0 Å². The molecule has 0 bridgehead atoms. The predicted octanol–water partition coefficient (Wildman–Crippen LogP) is 0.877. The van der Waals surface area contributed by atoms with E-state index >= 15 is 0 Å². The fourth-order valence-corrected chi connectivity index (χ4v) is 1.63. The van der Waals surface area contributed by atoms with Gasteiger partial charge in [0.2, 0.25) is 0 Å². The summed E-state index contributed by atoms with van der Waals surface area (Å²) in [5.74, 6) is 0.0888. The van der Waals surface area contributed by atoms with Crippen molar-refractivity contribution in [3.8, 4) is 0 Å². The summed E-state index contributed by atoms with van der Waals surface area (Å²) >= 11 is -0.500. The van der Waals surface area contributed by atoms with Crippen molar-refractivity contribution in [3.63, 3.8) is 0 Å². The molecule has 2 nitrogen and oxygen atoms in total. The van der Waals surface area contributed by atoms with E-state index in [1.807, 2.05) is 0 Å². The molecule has 0 aromatic heterocycles. The Kier molecular flexibility index (Phi) is 4.88. The molecule has 0 aliphatic rings. The van der Waals surface area contributed by atoms with Gasteiger partial charge in [-0.1, -0.05) is 0 Å². The van der Waals surface area contributed by atoms with Crippen LogP contribution in [0.15, 0.2) is 0 Å². The van der Waals surface area contributed by atoms with Crippen LogP contribution in [0, 0.1) is 0 Å². The topological polar surface area (TPSA) is 29.1 Å². The maximum absolute atomic E-state index is 10.3. The molecule has 0 fully saturated rings. The van der Waals surface area contributed by atoms with Crippen LogP contribution in [0.3, 0.4) is 0 Å². The van der Waals surface area contributed by atoms with Gasteiger partial charge in [-0.25, -0.2) is 0 Å². The molecule has 54 valence electrons. The molecular formula is C6H14AsNO. The number of carbonyl (C=O) groups is 1. The van der Waals surface area contributed by atoms with Crippen LogP contribution in [0.1, 0.15) is 6.92 Å². The van der Waals surface area contributed by atoms with Crippen molar-refractivity contribution >= 4 is 20.6 Å². The Labute approximate surface area is 61.3 Å². The van der Waals surface area contributed by atoms with Crippen LogP contribution in [0.2, 0.25) is 16.6 Å². The van der Waals surface area contributed by atoms with Gasteiger partial charge in [0, 0.05) is 0 Å². The third-order valence-electron chi connectivity index (χ3n) is 0.933. The van der Waals surface area contributed by atoms with Crippen molar-refractivity contribution in [2.75, 3.05) is 6.54 Å². The summed E-state index contributed by atoms with van der Waals surface area (Å²) in [6, 6.07) is 0. The van der Waals surface area contributed by atoms with Gasteiger partial charge in [-0.2, -0.15) is 0 Å². The van der Waals surface area contributed by atoms with Gasteiger partial charge >= 0.3 is 60.8 Å². The van der Waals surface area contributed by atoms with Gasteiger partial charge in [0.15, 0.2) is 0 Å². The zero-order valence-corrected chi connectivity index (χ0v) is 8.15. The molecule has 0 atom stereocenters. The van der Waals surface area contributed by atoms with Gasteiger partial charge in [-0.3, -0.25) is 0 Å². The van der Waals surface area contributed by atoms with E-state index in [1.54, 1.807) is 6.92 Å². The van der Waals surface area contributed by atoms with E-state index in [-0.39, 0.29) is 5.91 Å². The van der Waals surface area contributed by atoms with E-state index in [2.05, 4.69) is 16.7 Å². The van der Waals surface area contributed by atoms with E-state index in [4.69, 9.17) is 0 Å². The first-order valence-corrected chi connectivity index (χ1v) is 8.10. The summed E-state index contributed by atoms with van der Waals surface area (Å²) in [7, 11) is 0. The normalized spacial score (nSPS) is 9.78. The van der Waals surface area contributed by atoms with E-state index < -0.39 is 14.7 Å². The molecule has 0 aromatic rings. The van der Waals surface area contributed by atoms with Gasteiger partial charge in [0.1, 0.15) is 0 Å². The Morgan fingerprint density at radius 3 is 2.44 bits per heavy atom. The molecule has 0 unspecified atom stereocenters. The van der Waals surface area contributed by atoms with E-state index in [0.717, 1.165) is 6.54 Å². The third-order valence-corrected chi connectivity index (χ3v) is 3.28. The van der Waals surface area contributed by atoms with Crippen LogP contribution in [0.4, 0.5) is 0 Å². The summed E-state index contributed by atoms with van der Waals surface area (Å²) < 4.78 is 0. The Morgan fingerprint density at radius 1 is 1.56 bits per heavy atom. The molecule has 0 saturated carbocycles. The van der Waals surface area contributed by atoms with Crippen LogP contribution in [0.25, 0.3) is 0 Å². The molecule has 9 heavy (non-hydrogen) atoms. The molecule has 0 radical (unpaired) electrons. The number of carbonyl (C=O) groups excluding carboxylic acids is 1. The third kappa shape index (κ3) is 8.03. The molecule has 0 aliphatic heterocycles. The monoisotopic (exact) mass is 191 g/mol. The Balaban J connectivity index is 3.01. The molecule has 0 spiro atoms. The first-order valence-electron chi connectivity index (χ1n) is 3.02. The second-order valence-electron chi connectivity index (χ2n) is 2.29. The molecule has 3 heteroatoms. The van der Waals surface area contributed by atoms with Crippen LogP contribution < -0.4 is 5.32 Å². The van der Waals surface area contributed by atoms with E-state index in [1.165, 1.54) is 5.21 Å². The SMILES string of the molecule is CC(=O)NCC[As](C)C. The molecule has 0 rings (SSSR count). The van der Waals surface area contributed by atoms with Crippen LogP contribution >= 0.6 is 0 Å². The minimum absolute atomic E-state index is 0.0888. The number of hydrogen-bond acceptors (Lipinski definition) is 1. The van der Waals surface area contributed by atoms with E-state index in [0.29, 0.717) is 0 Å². The van der Waals surface area contributed by atoms with Crippen LogP contribution in [0.5, 0.6) is 0 Å². The first-order chi connectivity index (χ1) is 4.13. The predicted molar refractivity (Wildman–Crippen MR) is 41.0 cm³/mol. The van der Waals surface area contributed by atoms with Gasteiger partial charge in [-0.15, -0.1) is 0 Å². The number of amides is 1. The molecule has 0 heterocycles. The summed E-state index contributed by atoms with van der Waals surface area (Å²) in [5.41, 5.74) is 4.57. The fourth-order valence-electron chi connectivity index (χ4n) is 0.456. The molecule has 0 aliphatic carbocycles. The van der Waals surface area contributed by atoms with Gasteiger partial charge < -0.3 is 0 Å². The van der Waals surface area contributed by atoms with Gasteiger partial charge in [0.25, 0.3) is 0 Å². The fraction of sp³-hybridized carbons (Fsp3) is 0.833. The van der Waals surface area contributed by atoms with Crippen LogP contribution in [-0.2, 0) is 4.79 Å². The standard InChI is InChI=1S/C6H14AsNO/c1-6(9)8-5-4-7(2)3/h4-5H2,1-3H3,(H,8,9). The molecule has 1 amide bonds. The van der Waals surface area contributed by atoms with Crippen molar-refractivity contribution in [1.29, 1.82) is 0 Å². The number of rotatable bonds is 3. The summed E-state index contributed by atoms with van der Waals surface area (Å²) in [6.07, 6.45) is 0. The van der Waals surface area contributed by atoms with Crippen LogP contribution in [-0.4, -0.2) is 27.1 Å². The Hall–Kier alpha value is 0.0284. The zero-order valence-electron chi connectivity index (χ0n) is 6.27. The first kappa shape index (κ1) is 9.03. The molecular weight excluding hydrogens is 177 g/mol. The molecule has 1 N–H and O–H groups in total. The second kappa shape index (κ2) is 4.87. The average Bonchev–Trinajstić information content (AvgIpc) is 1.63. The number of hydrogen-bond donors (Lipinski definition) is 1. The van der Waals surface area contributed by atoms with Gasteiger partial charge in [0.05, 0.1) is 0 Å². The summed E-state index contributed by atoms with van der Waals surface area (Å²) in [5, 5.41) is 3.99. The van der Waals surface area contributed by atoms with Crippen molar-refractivity contribution < 1.29 is 4.79 Å². The summed E-state index contributed by atoms with van der Waals surface area (Å²) in [6.45, 7) is 2.44. The van der Waals surface area contributed by atoms with Crippen molar-refractivity contribution in [1.82, 2.24) is 5.32 Å². The zero-order chi connectivity index (χ0) is 7.28. The Morgan fingerprint density at radius 2 is 2.11 bits per heavy atom. The second-order valence-corrected chi connectivity index (χ2v) is 7.75. The summed E-state index contributed by atoms with van der Waals surface area (Å²) in [4.78, 5) is 10.3.